The van der Waals surface area contributed by atoms with Crippen molar-refractivity contribution in [3.05, 3.63) is 58.6 Å². The molecule has 2 heterocycles. The fourth-order valence-corrected chi connectivity index (χ4v) is 4.60. The van der Waals surface area contributed by atoms with Crippen LogP contribution in [0.25, 0.3) is 10.9 Å². The number of alkyl halides is 3. The first-order valence-electron chi connectivity index (χ1n) is 9.71. The highest BCUT2D eigenvalue weighted by Gasteiger charge is 2.34. The Morgan fingerprint density at radius 2 is 1.94 bits per heavy atom. The molecule has 9 nitrogen and oxygen atoms in total. The third kappa shape index (κ3) is 4.98. The van der Waals surface area contributed by atoms with Crippen LogP contribution >= 0.6 is 0 Å². The summed E-state index contributed by atoms with van der Waals surface area (Å²) in [6, 6.07) is 8.67. The van der Waals surface area contributed by atoms with Crippen molar-refractivity contribution in [3.63, 3.8) is 0 Å². The van der Waals surface area contributed by atoms with E-state index in [2.05, 4.69) is 15.0 Å². The Labute approximate surface area is 185 Å². The first kappa shape index (κ1) is 22.7. The van der Waals surface area contributed by atoms with Gasteiger partial charge in [-0.2, -0.15) is 0 Å². The predicted octanol–water partition coefficient (Wildman–Crippen LogP) is 2.16. The van der Waals surface area contributed by atoms with Gasteiger partial charge in [0.1, 0.15) is 16.5 Å². The second-order valence-corrected chi connectivity index (χ2v) is 8.92. The average Bonchev–Trinajstić information content (AvgIpc) is 3.20. The Bertz CT molecular complexity index is 1400. The van der Waals surface area contributed by atoms with E-state index in [0.717, 1.165) is 18.6 Å². The maximum atomic E-state index is 12.5. The van der Waals surface area contributed by atoms with Gasteiger partial charge in [-0.05, 0) is 36.8 Å². The molecule has 1 aromatic heterocycles. The number of ether oxygens (including phenoxy) is 1. The van der Waals surface area contributed by atoms with E-state index in [-0.39, 0.29) is 11.2 Å². The molecule has 0 fully saturated rings. The van der Waals surface area contributed by atoms with E-state index in [9.17, 15) is 31.2 Å². The topological polar surface area (TPSA) is 119 Å². The Hall–Kier alpha value is -3.45. The van der Waals surface area contributed by atoms with Crippen LogP contribution in [0.2, 0.25) is 0 Å². The molecule has 33 heavy (non-hydrogen) atoms. The van der Waals surface area contributed by atoms with Gasteiger partial charge in [0, 0.05) is 18.7 Å². The number of benzene rings is 2. The van der Waals surface area contributed by atoms with Gasteiger partial charge in [0.25, 0.3) is 5.56 Å². The fourth-order valence-electron chi connectivity index (χ4n) is 3.49. The summed E-state index contributed by atoms with van der Waals surface area (Å²) in [5, 5.41) is 2.86. The first-order chi connectivity index (χ1) is 15.5. The predicted molar refractivity (Wildman–Crippen MR) is 111 cm³/mol. The lowest BCUT2D eigenvalue weighted by molar-refractivity contribution is -0.275. The van der Waals surface area contributed by atoms with Crippen molar-refractivity contribution in [3.8, 4) is 5.75 Å². The number of hydrogen-bond donors (Lipinski definition) is 2. The summed E-state index contributed by atoms with van der Waals surface area (Å²) in [5.74, 6) is -1.04. The van der Waals surface area contributed by atoms with Gasteiger partial charge in [0.05, 0.1) is 17.4 Å². The van der Waals surface area contributed by atoms with Crippen molar-refractivity contribution in [1.82, 2.24) is 14.3 Å². The van der Waals surface area contributed by atoms with Gasteiger partial charge in [0.15, 0.2) is 0 Å². The molecule has 4 rings (SSSR count). The van der Waals surface area contributed by atoms with E-state index in [1.54, 1.807) is 4.57 Å². The number of aryl methyl sites for hydroxylation is 1. The molecule has 2 N–H and O–H groups in total. The van der Waals surface area contributed by atoms with Gasteiger partial charge < -0.3 is 10.1 Å². The zero-order valence-electron chi connectivity index (χ0n) is 16.8. The number of nitrogens with zero attached hydrogens (tertiary/aromatic N) is 2. The number of aromatic nitrogens is 2. The molecule has 0 spiro atoms. The monoisotopic (exact) mass is 482 g/mol. The zero-order valence-corrected chi connectivity index (χ0v) is 17.7. The number of fused-ring (bicyclic) bond motifs is 2. The lowest BCUT2D eigenvalue weighted by Gasteiger charge is -2.14. The maximum Gasteiger partial charge on any atom is 0.573 e. The Kier molecular flexibility index (Phi) is 5.84. The number of amides is 1. The Morgan fingerprint density at radius 3 is 2.70 bits per heavy atom. The van der Waals surface area contributed by atoms with Crippen molar-refractivity contribution in [2.24, 2.45) is 0 Å². The molecule has 0 unspecified atom stereocenters. The minimum absolute atomic E-state index is 0.169. The number of rotatable bonds is 6. The summed E-state index contributed by atoms with van der Waals surface area (Å²) in [6.07, 6.45) is -3.60. The number of hydrogen-bond acceptors (Lipinski definition) is 6. The summed E-state index contributed by atoms with van der Waals surface area (Å²) in [6.45, 7) is -0.145. The van der Waals surface area contributed by atoms with E-state index in [1.165, 1.54) is 30.3 Å². The van der Waals surface area contributed by atoms with Gasteiger partial charge in [-0.3, -0.25) is 14.2 Å². The third-order valence-electron chi connectivity index (χ3n) is 4.89. The molecule has 0 radical (unpaired) electrons. The maximum absolute atomic E-state index is 12.5. The molecule has 0 saturated heterocycles. The number of nitrogens with one attached hydrogen (secondary N) is 2. The van der Waals surface area contributed by atoms with Crippen LogP contribution in [0.4, 0.5) is 18.9 Å². The molecule has 174 valence electrons. The van der Waals surface area contributed by atoms with Crippen LogP contribution in [0.3, 0.4) is 0 Å². The van der Waals surface area contributed by atoms with Crippen molar-refractivity contribution in [1.29, 1.82) is 0 Å². The third-order valence-corrected chi connectivity index (χ3v) is 6.33. The van der Waals surface area contributed by atoms with E-state index < -0.39 is 39.5 Å². The second-order valence-electron chi connectivity index (χ2n) is 7.19. The number of para-hydroxylation sites is 1. The highest BCUT2D eigenvalue weighted by atomic mass is 32.2. The van der Waals surface area contributed by atoms with Gasteiger partial charge >= 0.3 is 6.36 Å². The largest absolute Gasteiger partial charge is 0.573 e. The zero-order chi connectivity index (χ0) is 23.8. The number of halogens is 3. The van der Waals surface area contributed by atoms with Crippen LogP contribution < -0.4 is 20.3 Å². The van der Waals surface area contributed by atoms with Gasteiger partial charge in [-0.15, -0.1) is 13.2 Å². The number of sulfonamides is 1. The first-order valence-corrected chi connectivity index (χ1v) is 11.2. The fraction of sp³-hybridized carbons (Fsp3) is 0.250. The molecule has 1 aliphatic rings. The molecule has 3 aromatic rings. The number of anilines is 1. The molecule has 0 bridgehead atoms. The quantitative estimate of drug-likeness (QED) is 0.556. The summed E-state index contributed by atoms with van der Waals surface area (Å²) in [4.78, 5) is 28.4. The molecule has 0 saturated carbocycles. The second kappa shape index (κ2) is 8.48. The van der Waals surface area contributed by atoms with Crippen molar-refractivity contribution >= 4 is 32.5 Å². The van der Waals surface area contributed by atoms with Crippen LogP contribution in [0, 0.1) is 0 Å². The van der Waals surface area contributed by atoms with Crippen molar-refractivity contribution in [2.45, 2.75) is 30.6 Å². The van der Waals surface area contributed by atoms with E-state index in [4.69, 9.17) is 0 Å². The molecule has 0 atom stereocenters. The Morgan fingerprint density at radius 1 is 1.18 bits per heavy atom. The van der Waals surface area contributed by atoms with Gasteiger partial charge in [-0.1, -0.05) is 12.1 Å². The lowest BCUT2D eigenvalue weighted by atomic mass is 10.2. The molecular weight excluding hydrogens is 465 g/mol. The minimum Gasteiger partial charge on any atom is -0.404 e. The van der Waals surface area contributed by atoms with Crippen LogP contribution in [0.5, 0.6) is 5.75 Å². The van der Waals surface area contributed by atoms with Crippen LogP contribution in [0.15, 0.2) is 52.2 Å². The van der Waals surface area contributed by atoms with Crippen molar-refractivity contribution in [2.75, 3.05) is 11.9 Å². The molecule has 0 aliphatic carbocycles. The number of carbonyl (C=O) groups is 1. The smallest absolute Gasteiger partial charge is 0.404 e. The van der Waals surface area contributed by atoms with E-state index >= 15 is 0 Å². The highest BCUT2D eigenvalue weighted by molar-refractivity contribution is 7.89. The van der Waals surface area contributed by atoms with E-state index in [0.29, 0.717) is 29.7 Å². The molecular formula is C20H17F3N4O5S. The normalized spacial score (nSPS) is 13.7. The SMILES string of the molecule is O=C(CNS(=O)(=O)c1ccccc1OC(F)(F)F)Nc1ccc2c(=O)n3c(nc2c1)CCC3. The number of carbonyl (C=O) groups excluding carboxylic acids is 1. The van der Waals surface area contributed by atoms with Gasteiger partial charge in [0.2, 0.25) is 15.9 Å². The molecule has 1 aliphatic heterocycles. The summed E-state index contributed by atoms with van der Waals surface area (Å²) in [7, 11) is -4.49. The van der Waals surface area contributed by atoms with Crippen molar-refractivity contribution < 1.29 is 31.1 Å². The average molecular weight is 482 g/mol. The summed E-state index contributed by atoms with van der Waals surface area (Å²) >= 11 is 0. The van der Waals surface area contributed by atoms with E-state index in [1.807, 2.05) is 4.72 Å². The lowest BCUT2D eigenvalue weighted by Crippen LogP contribution is -2.33. The molecule has 1 amide bonds. The highest BCUT2D eigenvalue weighted by Crippen LogP contribution is 2.29. The summed E-state index contributed by atoms with van der Waals surface area (Å²) < 4.78 is 69.8. The van der Waals surface area contributed by atoms with Crippen LogP contribution in [-0.4, -0.2) is 36.8 Å². The van der Waals surface area contributed by atoms with Gasteiger partial charge in [-0.25, -0.2) is 18.1 Å². The molecule has 13 heteroatoms. The Balaban J connectivity index is 1.47. The standard InChI is InChI=1S/C20H17F3N4O5S/c21-20(22,23)32-15-4-1-2-5-16(15)33(30,31)24-11-18(28)25-12-7-8-13-14(10-12)26-17-6-3-9-27(17)19(13)29/h1-2,4-5,7-8,10,24H,3,6,9,11H2,(H,25,28). The molecule has 2 aromatic carbocycles. The van der Waals surface area contributed by atoms with Crippen LogP contribution in [0.1, 0.15) is 12.2 Å². The minimum atomic E-state index is -5.09. The van der Waals surface area contributed by atoms with Crippen LogP contribution in [-0.2, 0) is 27.8 Å². The summed E-state index contributed by atoms with van der Waals surface area (Å²) in [5.41, 5.74) is 0.505.